The highest BCUT2D eigenvalue weighted by molar-refractivity contribution is 6.31. The first-order chi connectivity index (χ1) is 12.4. The van der Waals surface area contributed by atoms with Crippen LogP contribution in [0.3, 0.4) is 0 Å². The summed E-state index contributed by atoms with van der Waals surface area (Å²) in [5.74, 6) is -0.453. The Balaban J connectivity index is 1.71. The van der Waals surface area contributed by atoms with Gasteiger partial charge in [0.05, 0.1) is 5.39 Å². The molecule has 5 nitrogen and oxygen atoms in total. The molecule has 0 saturated carbocycles. The van der Waals surface area contributed by atoms with Crippen molar-refractivity contribution in [1.82, 2.24) is 10.2 Å². The Kier molecular flexibility index (Phi) is 5.40. The van der Waals surface area contributed by atoms with Gasteiger partial charge in [-0.1, -0.05) is 35.9 Å². The molecule has 0 aliphatic heterocycles. The second-order valence-corrected chi connectivity index (χ2v) is 6.79. The number of benzene rings is 2. The van der Waals surface area contributed by atoms with Gasteiger partial charge < -0.3 is 14.6 Å². The highest BCUT2D eigenvalue weighted by Gasteiger charge is 2.12. The fraction of sp³-hybridized carbons (Fsp3) is 0.200. The Hall–Kier alpha value is -2.63. The van der Waals surface area contributed by atoms with Crippen molar-refractivity contribution >= 4 is 28.5 Å². The summed E-state index contributed by atoms with van der Waals surface area (Å²) in [6.45, 7) is 1.21. The lowest BCUT2D eigenvalue weighted by atomic mass is 10.1. The Morgan fingerprint density at radius 2 is 1.77 bits per heavy atom. The molecule has 0 unspecified atom stereocenters. The number of carbonyl (C=O) groups is 1. The summed E-state index contributed by atoms with van der Waals surface area (Å²) >= 11 is 5.89. The number of halogens is 1. The molecule has 0 aliphatic rings. The first-order valence-electron chi connectivity index (χ1n) is 8.16. The number of nitrogens with zero attached hydrogens (tertiary/aromatic N) is 1. The molecular formula is C20H19ClN2O3. The number of nitrogens with one attached hydrogen (secondary N) is 1. The van der Waals surface area contributed by atoms with E-state index in [0.717, 1.165) is 12.1 Å². The highest BCUT2D eigenvalue weighted by atomic mass is 35.5. The Labute approximate surface area is 156 Å². The number of hydrogen-bond donors (Lipinski definition) is 1. The standard InChI is InChI=1S/C20H19ClN2O3/c1-23(2)12-14-5-3-13(4-6-14)11-22-20(25)19-10-17(24)16-9-15(21)7-8-18(16)26-19/h3-10H,11-12H2,1-2H3,(H,22,25). The molecule has 0 spiro atoms. The summed E-state index contributed by atoms with van der Waals surface area (Å²) in [6.07, 6.45) is 0. The van der Waals surface area contributed by atoms with E-state index < -0.39 is 5.91 Å². The maximum atomic E-state index is 12.3. The van der Waals surface area contributed by atoms with Crippen LogP contribution < -0.4 is 10.7 Å². The Morgan fingerprint density at radius 3 is 2.46 bits per heavy atom. The van der Waals surface area contributed by atoms with Gasteiger partial charge in [-0.05, 0) is 43.4 Å². The summed E-state index contributed by atoms with van der Waals surface area (Å²) in [5.41, 5.74) is 2.20. The minimum absolute atomic E-state index is 0.0194. The van der Waals surface area contributed by atoms with Crippen LogP contribution in [-0.2, 0) is 13.1 Å². The highest BCUT2D eigenvalue weighted by Crippen LogP contribution is 2.17. The average molecular weight is 371 g/mol. The van der Waals surface area contributed by atoms with E-state index in [1.54, 1.807) is 12.1 Å². The van der Waals surface area contributed by atoms with E-state index in [-0.39, 0.29) is 11.2 Å². The molecule has 3 rings (SSSR count). The molecule has 2 aromatic carbocycles. The van der Waals surface area contributed by atoms with Gasteiger partial charge in [-0.25, -0.2) is 0 Å². The third kappa shape index (κ3) is 4.31. The van der Waals surface area contributed by atoms with Crippen LogP contribution in [0.2, 0.25) is 5.02 Å². The number of rotatable bonds is 5. The van der Waals surface area contributed by atoms with Crippen LogP contribution in [0.1, 0.15) is 21.7 Å². The zero-order chi connectivity index (χ0) is 18.7. The average Bonchev–Trinajstić information content (AvgIpc) is 2.61. The summed E-state index contributed by atoms with van der Waals surface area (Å²) in [6, 6.07) is 13.9. The monoisotopic (exact) mass is 370 g/mol. The first kappa shape index (κ1) is 18.2. The molecule has 134 valence electrons. The molecule has 26 heavy (non-hydrogen) atoms. The van der Waals surface area contributed by atoms with E-state index in [0.29, 0.717) is 22.5 Å². The van der Waals surface area contributed by atoms with Gasteiger partial charge in [0, 0.05) is 24.2 Å². The number of amides is 1. The Bertz CT molecular complexity index is 994. The molecule has 1 N–H and O–H groups in total. The van der Waals surface area contributed by atoms with Gasteiger partial charge in [-0.15, -0.1) is 0 Å². The lowest BCUT2D eigenvalue weighted by molar-refractivity contribution is 0.0923. The molecule has 0 fully saturated rings. The quantitative estimate of drug-likeness (QED) is 0.747. The minimum atomic E-state index is -0.434. The van der Waals surface area contributed by atoms with Crippen LogP contribution >= 0.6 is 11.6 Å². The van der Waals surface area contributed by atoms with Gasteiger partial charge in [0.25, 0.3) is 5.91 Å². The molecular weight excluding hydrogens is 352 g/mol. The number of fused-ring (bicyclic) bond motifs is 1. The smallest absolute Gasteiger partial charge is 0.287 e. The van der Waals surface area contributed by atoms with Crippen LogP contribution in [0, 0.1) is 0 Å². The zero-order valence-corrected chi connectivity index (χ0v) is 15.3. The van der Waals surface area contributed by atoms with Crippen LogP contribution in [0.4, 0.5) is 0 Å². The lowest BCUT2D eigenvalue weighted by Gasteiger charge is -2.10. The van der Waals surface area contributed by atoms with Crippen molar-refractivity contribution in [2.45, 2.75) is 13.1 Å². The van der Waals surface area contributed by atoms with Gasteiger partial charge in [-0.2, -0.15) is 0 Å². The predicted octanol–water partition coefficient (Wildman–Crippen LogP) is 3.44. The molecule has 0 atom stereocenters. The van der Waals surface area contributed by atoms with Crippen LogP contribution in [0.5, 0.6) is 0 Å². The molecule has 1 amide bonds. The van der Waals surface area contributed by atoms with Crippen molar-refractivity contribution in [3.8, 4) is 0 Å². The van der Waals surface area contributed by atoms with Crippen LogP contribution in [-0.4, -0.2) is 24.9 Å². The summed E-state index contributed by atoms with van der Waals surface area (Å²) < 4.78 is 5.53. The third-order valence-corrected chi connectivity index (χ3v) is 4.12. The van der Waals surface area contributed by atoms with Crippen molar-refractivity contribution in [3.63, 3.8) is 0 Å². The SMILES string of the molecule is CN(C)Cc1ccc(CNC(=O)c2cc(=O)c3cc(Cl)ccc3o2)cc1. The molecule has 3 aromatic rings. The maximum absolute atomic E-state index is 12.3. The maximum Gasteiger partial charge on any atom is 0.287 e. The molecule has 0 radical (unpaired) electrons. The van der Waals surface area contributed by atoms with Crippen molar-refractivity contribution < 1.29 is 9.21 Å². The topological polar surface area (TPSA) is 62.6 Å². The molecule has 0 aliphatic carbocycles. The van der Waals surface area contributed by atoms with Crippen LogP contribution in [0.15, 0.2) is 57.7 Å². The minimum Gasteiger partial charge on any atom is -0.451 e. The van der Waals surface area contributed by atoms with E-state index in [1.807, 2.05) is 38.4 Å². The van der Waals surface area contributed by atoms with Crippen molar-refractivity contribution in [3.05, 3.63) is 80.7 Å². The van der Waals surface area contributed by atoms with Gasteiger partial charge >= 0.3 is 0 Å². The number of carbonyl (C=O) groups excluding carboxylic acids is 1. The summed E-state index contributed by atoms with van der Waals surface area (Å²) in [7, 11) is 4.03. The van der Waals surface area contributed by atoms with E-state index in [1.165, 1.54) is 17.7 Å². The van der Waals surface area contributed by atoms with Gasteiger partial charge in [0.15, 0.2) is 11.2 Å². The molecule has 1 heterocycles. The van der Waals surface area contributed by atoms with Crippen molar-refractivity contribution in [2.75, 3.05) is 14.1 Å². The second-order valence-electron chi connectivity index (χ2n) is 6.35. The molecule has 6 heteroatoms. The van der Waals surface area contributed by atoms with Crippen LogP contribution in [0.25, 0.3) is 11.0 Å². The van der Waals surface area contributed by atoms with Crippen molar-refractivity contribution in [2.24, 2.45) is 0 Å². The fourth-order valence-electron chi connectivity index (χ4n) is 2.64. The zero-order valence-electron chi connectivity index (χ0n) is 14.6. The number of hydrogen-bond acceptors (Lipinski definition) is 4. The first-order valence-corrected chi connectivity index (χ1v) is 8.54. The third-order valence-electron chi connectivity index (χ3n) is 3.89. The summed E-state index contributed by atoms with van der Waals surface area (Å²) in [4.78, 5) is 26.6. The lowest BCUT2D eigenvalue weighted by Crippen LogP contribution is -2.24. The van der Waals surface area contributed by atoms with Gasteiger partial charge in [0.1, 0.15) is 5.58 Å². The van der Waals surface area contributed by atoms with E-state index in [9.17, 15) is 9.59 Å². The fourth-order valence-corrected chi connectivity index (χ4v) is 2.81. The predicted molar refractivity (Wildman–Crippen MR) is 102 cm³/mol. The molecule has 1 aromatic heterocycles. The molecule has 0 bridgehead atoms. The molecule has 0 saturated heterocycles. The summed E-state index contributed by atoms with van der Waals surface area (Å²) in [5, 5.41) is 3.57. The van der Waals surface area contributed by atoms with Gasteiger partial charge in [-0.3, -0.25) is 9.59 Å². The normalized spacial score (nSPS) is 11.1. The van der Waals surface area contributed by atoms with Crippen molar-refractivity contribution in [1.29, 1.82) is 0 Å². The largest absolute Gasteiger partial charge is 0.451 e. The Morgan fingerprint density at radius 1 is 1.08 bits per heavy atom. The van der Waals surface area contributed by atoms with E-state index >= 15 is 0 Å². The second kappa shape index (κ2) is 7.72. The van der Waals surface area contributed by atoms with Gasteiger partial charge in [0.2, 0.25) is 0 Å². The van der Waals surface area contributed by atoms with E-state index in [4.69, 9.17) is 16.0 Å². The van der Waals surface area contributed by atoms with E-state index in [2.05, 4.69) is 10.2 Å².